The van der Waals surface area contributed by atoms with E-state index in [1.807, 2.05) is 0 Å². The van der Waals surface area contributed by atoms with Gasteiger partial charge in [-0.1, -0.05) is 31.9 Å². The molecule has 0 heterocycles. The monoisotopic (exact) mass is 406 g/mol. The van der Waals surface area contributed by atoms with Crippen LogP contribution in [0.3, 0.4) is 0 Å². The van der Waals surface area contributed by atoms with Gasteiger partial charge in [0.15, 0.2) is 0 Å². The van der Waals surface area contributed by atoms with Gasteiger partial charge in [0.05, 0.1) is 22.8 Å². The van der Waals surface area contributed by atoms with E-state index in [1.54, 1.807) is 0 Å². The Hall–Kier alpha value is -1.73. The summed E-state index contributed by atoms with van der Waals surface area (Å²) in [6.07, 6.45) is 4.56. The number of benzene rings is 2. The fourth-order valence-electron chi connectivity index (χ4n) is 2.86. The topological polar surface area (TPSA) is 24.7 Å². The van der Waals surface area contributed by atoms with Crippen molar-refractivity contribution in [3.8, 4) is 0 Å². The first-order valence-corrected chi connectivity index (χ1v) is 9.68. The Morgan fingerprint density at radius 1 is 0.741 bits per heavy atom. The molecule has 2 aromatic carbocycles. The first-order valence-electron chi connectivity index (χ1n) is 9.68. The molecule has 0 spiro atoms. The third kappa shape index (κ3) is 7.07. The van der Waals surface area contributed by atoms with Crippen molar-refractivity contribution in [2.24, 2.45) is 9.98 Å². The second kappa shape index (κ2) is 11.2. The number of unbranched alkanes of at least 4 members (excludes halogenated alkanes) is 2. The molecule has 0 aromatic heterocycles. The molecule has 0 bridgehead atoms. The molecule has 0 unspecified atom stereocenters. The molecule has 2 rings (SSSR count). The van der Waals surface area contributed by atoms with E-state index in [2.05, 4.69) is 77.9 Å². The first kappa shape index (κ1) is 23.3. The molecule has 0 aliphatic carbocycles. The molecule has 2 nitrogen and oxygen atoms in total. The van der Waals surface area contributed by atoms with Gasteiger partial charge in [0, 0.05) is 16.5 Å². The minimum atomic E-state index is 0. The standard InChI is InChI=1S/C24H32N2.Ni/c1-7-8-9-10-24(26-23-14-12-18(3)20(5)16-23)21(6)25-22-13-11-17(2)19(4)15-22;/h11-16H,7-10H2,1-6H3;/b25-21+,26-24+;. The van der Waals surface area contributed by atoms with Crippen molar-refractivity contribution in [1.29, 1.82) is 0 Å². The quantitative estimate of drug-likeness (QED) is 0.260. The van der Waals surface area contributed by atoms with Crippen LogP contribution in [0, 0.1) is 27.7 Å². The zero-order valence-electron chi connectivity index (χ0n) is 17.5. The van der Waals surface area contributed by atoms with Crippen LogP contribution in [-0.4, -0.2) is 11.4 Å². The van der Waals surface area contributed by atoms with Crippen LogP contribution in [0.5, 0.6) is 0 Å². The molecule has 0 fully saturated rings. The summed E-state index contributed by atoms with van der Waals surface area (Å²) in [5.74, 6) is 0. The molecule has 0 amide bonds. The van der Waals surface area contributed by atoms with Crippen molar-refractivity contribution in [1.82, 2.24) is 0 Å². The van der Waals surface area contributed by atoms with Gasteiger partial charge in [-0.15, -0.1) is 0 Å². The predicted molar refractivity (Wildman–Crippen MR) is 116 cm³/mol. The Morgan fingerprint density at radius 2 is 1.26 bits per heavy atom. The Morgan fingerprint density at radius 3 is 1.74 bits per heavy atom. The number of rotatable bonds is 7. The number of aliphatic imine (C=N–C) groups is 2. The van der Waals surface area contributed by atoms with Crippen molar-refractivity contribution >= 4 is 22.8 Å². The second-order valence-corrected chi connectivity index (χ2v) is 7.25. The molecule has 27 heavy (non-hydrogen) atoms. The number of nitrogens with zero attached hydrogens (tertiary/aromatic N) is 2. The van der Waals surface area contributed by atoms with Gasteiger partial charge >= 0.3 is 0 Å². The van der Waals surface area contributed by atoms with Gasteiger partial charge < -0.3 is 0 Å². The molecular weight excluding hydrogens is 375 g/mol. The van der Waals surface area contributed by atoms with Gasteiger partial charge in [-0.25, -0.2) is 0 Å². The molecule has 2 aromatic rings. The molecule has 0 aliphatic heterocycles. The van der Waals surface area contributed by atoms with Gasteiger partial charge in [-0.2, -0.15) is 0 Å². The molecule has 0 saturated heterocycles. The number of aryl methyl sites for hydroxylation is 4. The zero-order valence-corrected chi connectivity index (χ0v) is 18.5. The second-order valence-electron chi connectivity index (χ2n) is 7.25. The van der Waals surface area contributed by atoms with Gasteiger partial charge in [0.1, 0.15) is 0 Å². The Balaban J connectivity index is 0.00000364. The summed E-state index contributed by atoms with van der Waals surface area (Å²) in [5, 5.41) is 0. The Labute approximate surface area is 175 Å². The number of hydrogen-bond acceptors (Lipinski definition) is 2. The smallest absolute Gasteiger partial charge is 0.0636 e. The van der Waals surface area contributed by atoms with Crippen molar-refractivity contribution in [2.45, 2.75) is 67.2 Å². The average Bonchev–Trinajstić information content (AvgIpc) is 2.60. The SMILES string of the molecule is CCCCCC(=N\c1ccc(C)c(C)c1)/C(C)=N/c1ccc(C)c(C)c1.[Ni]. The zero-order chi connectivity index (χ0) is 19.1. The maximum absolute atomic E-state index is 4.95. The van der Waals surface area contributed by atoms with E-state index in [1.165, 1.54) is 35.1 Å². The third-order valence-corrected chi connectivity index (χ3v) is 4.98. The van der Waals surface area contributed by atoms with Gasteiger partial charge in [0.25, 0.3) is 0 Å². The van der Waals surface area contributed by atoms with E-state index < -0.39 is 0 Å². The van der Waals surface area contributed by atoms with Crippen molar-refractivity contribution in [2.75, 3.05) is 0 Å². The number of hydrogen-bond donors (Lipinski definition) is 0. The van der Waals surface area contributed by atoms with Crippen LogP contribution in [-0.2, 0) is 16.5 Å². The van der Waals surface area contributed by atoms with E-state index in [-0.39, 0.29) is 16.5 Å². The predicted octanol–water partition coefficient (Wildman–Crippen LogP) is 7.36. The summed E-state index contributed by atoms with van der Waals surface area (Å²) in [5.41, 5.74) is 9.30. The molecule has 0 aliphatic rings. The molecule has 0 N–H and O–H groups in total. The third-order valence-electron chi connectivity index (χ3n) is 4.98. The van der Waals surface area contributed by atoms with Crippen molar-refractivity contribution in [3.05, 3.63) is 58.7 Å². The van der Waals surface area contributed by atoms with E-state index in [9.17, 15) is 0 Å². The van der Waals surface area contributed by atoms with E-state index in [4.69, 9.17) is 9.98 Å². The Bertz CT molecular complexity index is 819. The van der Waals surface area contributed by atoms with Crippen LogP contribution in [0.2, 0.25) is 0 Å². The van der Waals surface area contributed by atoms with Crippen LogP contribution in [0.1, 0.15) is 61.8 Å². The maximum Gasteiger partial charge on any atom is 0.0636 e. The molecular formula is C24H32N2Ni. The van der Waals surface area contributed by atoms with E-state index in [0.29, 0.717) is 0 Å². The van der Waals surface area contributed by atoms with Crippen molar-refractivity contribution in [3.63, 3.8) is 0 Å². The summed E-state index contributed by atoms with van der Waals surface area (Å²) in [6, 6.07) is 12.8. The van der Waals surface area contributed by atoms with Crippen LogP contribution in [0.4, 0.5) is 11.4 Å². The summed E-state index contributed by atoms with van der Waals surface area (Å²) in [4.78, 5) is 9.82. The molecule has 148 valence electrons. The van der Waals surface area contributed by atoms with Gasteiger partial charge in [0.2, 0.25) is 0 Å². The van der Waals surface area contributed by atoms with Crippen LogP contribution >= 0.6 is 0 Å². The fourth-order valence-corrected chi connectivity index (χ4v) is 2.86. The molecule has 0 radical (unpaired) electrons. The molecule has 0 saturated carbocycles. The van der Waals surface area contributed by atoms with E-state index in [0.717, 1.165) is 35.6 Å². The Kier molecular flexibility index (Phi) is 9.66. The van der Waals surface area contributed by atoms with Crippen LogP contribution < -0.4 is 0 Å². The summed E-state index contributed by atoms with van der Waals surface area (Å²) in [7, 11) is 0. The summed E-state index contributed by atoms with van der Waals surface area (Å²) in [6.45, 7) is 12.9. The van der Waals surface area contributed by atoms with Crippen LogP contribution in [0.15, 0.2) is 46.4 Å². The maximum atomic E-state index is 4.95. The summed E-state index contributed by atoms with van der Waals surface area (Å²) >= 11 is 0. The molecule has 3 heteroatoms. The average molecular weight is 407 g/mol. The molecule has 0 atom stereocenters. The minimum Gasteiger partial charge on any atom is -0.252 e. The first-order chi connectivity index (χ1) is 12.4. The largest absolute Gasteiger partial charge is 0.252 e. The minimum absolute atomic E-state index is 0. The normalized spacial score (nSPS) is 12.1. The van der Waals surface area contributed by atoms with Gasteiger partial charge in [-0.05, 0) is 94.0 Å². The van der Waals surface area contributed by atoms with Crippen LogP contribution in [0.25, 0.3) is 0 Å². The fraction of sp³-hybridized carbons (Fsp3) is 0.417. The summed E-state index contributed by atoms with van der Waals surface area (Å²) < 4.78 is 0. The van der Waals surface area contributed by atoms with E-state index >= 15 is 0 Å². The van der Waals surface area contributed by atoms with Gasteiger partial charge in [-0.3, -0.25) is 9.98 Å². The van der Waals surface area contributed by atoms with Crippen molar-refractivity contribution < 1.29 is 16.5 Å².